The summed E-state index contributed by atoms with van der Waals surface area (Å²) in [7, 11) is -3.22. The molecule has 1 N–H and O–H groups in total. The number of sulfone groups is 1. The van der Waals surface area contributed by atoms with Crippen LogP contribution in [0.4, 0.5) is 0 Å². The maximum Gasteiger partial charge on any atom is 0.266 e. The van der Waals surface area contributed by atoms with Gasteiger partial charge in [-0.25, -0.2) is 8.42 Å². The lowest BCUT2D eigenvalue weighted by Gasteiger charge is -2.15. The third kappa shape index (κ3) is 5.40. The van der Waals surface area contributed by atoms with Crippen LogP contribution in [-0.4, -0.2) is 47.8 Å². The van der Waals surface area contributed by atoms with Gasteiger partial charge in [-0.05, 0) is 17.7 Å². The number of amides is 2. The summed E-state index contributed by atoms with van der Waals surface area (Å²) in [6.45, 7) is 0.152. The number of allylic oxidation sites excluding steroid dienone is 2. The van der Waals surface area contributed by atoms with Gasteiger partial charge in [0.2, 0.25) is 5.91 Å². The normalized spacial score (nSPS) is 22.5. The summed E-state index contributed by atoms with van der Waals surface area (Å²) < 4.78 is 23.1. The number of rotatable bonds is 6. The highest BCUT2D eigenvalue weighted by molar-refractivity contribution is 8.26. The first-order valence-electron chi connectivity index (χ1n) is 8.51. The lowest BCUT2D eigenvalue weighted by Crippen LogP contribution is -2.38. The van der Waals surface area contributed by atoms with E-state index in [0.717, 1.165) is 11.0 Å². The number of carbonyl (C=O) groups excluding carboxylic acids is 2. The SMILES string of the molecule is O=C(CCN1C(=O)/C(=C\C=C\c2ccccc2)SC1=S)N[C@@H]1C=CS(=O)(=O)C1. The van der Waals surface area contributed by atoms with Crippen LogP contribution in [0.2, 0.25) is 0 Å². The third-order valence-corrected chi connectivity index (χ3v) is 6.84. The fourth-order valence-corrected chi connectivity index (χ4v) is 5.17. The molecule has 6 nitrogen and oxygen atoms in total. The van der Waals surface area contributed by atoms with E-state index in [0.29, 0.717) is 9.23 Å². The molecule has 28 heavy (non-hydrogen) atoms. The summed E-state index contributed by atoms with van der Waals surface area (Å²) in [5, 5.41) is 3.74. The van der Waals surface area contributed by atoms with Gasteiger partial charge in [-0.2, -0.15) is 0 Å². The molecule has 1 aromatic carbocycles. The maximum atomic E-state index is 12.5. The van der Waals surface area contributed by atoms with Crippen molar-refractivity contribution in [2.45, 2.75) is 12.5 Å². The number of thiocarbonyl (C=S) groups is 1. The van der Waals surface area contributed by atoms with E-state index >= 15 is 0 Å². The molecule has 146 valence electrons. The van der Waals surface area contributed by atoms with Gasteiger partial charge in [-0.3, -0.25) is 14.5 Å². The van der Waals surface area contributed by atoms with Crippen molar-refractivity contribution in [3.63, 3.8) is 0 Å². The Morgan fingerprint density at radius 2 is 2.07 bits per heavy atom. The molecule has 1 fully saturated rings. The third-order valence-electron chi connectivity index (χ3n) is 4.05. The largest absolute Gasteiger partial charge is 0.349 e. The highest BCUT2D eigenvalue weighted by Gasteiger charge is 2.32. The highest BCUT2D eigenvalue weighted by atomic mass is 32.2. The van der Waals surface area contributed by atoms with Crippen LogP contribution in [0.1, 0.15) is 12.0 Å². The van der Waals surface area contributed by atoms with E-state index in [1.165, 1.54) is 22.7 Å². The molecule has 1 atom stereocenters. The monoisotopic (exact) mass is 434 g/mol. The molecule has 9 heteroatoms. The molecule has 2 amide bonds. The van der Waals surface area contributed by atoms with E-state index in [1.54, 1.807) is 12.2 Å². The standard InChI is InChI=1S/C19H18N2O4S3/c22-17(20-15-10-12-28(24,25)13-15)9-11-21-18(23)16(27-19(21)26)8-4-7-14-5-2-1-3-6-14/h1-8,10,12,15H,9,11,13H2,(H,20,22)/b7-4+,16-8+/t15-/m1/s1. The Morgan fingerprint density at radius 1 is 1.32 bits per heavy atom. The smallest absolute Gasteiger partial charge is 0.266 e. The van der Waals surface area contributed by atoms with Crippen LogP contribution in [0.5, 0.6) is 0 Å². The van der Waals surface area contributed by atoms with Crippen molar-refractivity contribution in [2.24, 2.45) is 0 Å². The number of thioether (sulfide) groups is 1. The van der Waals surface area contributed by atoms with Crippen molar-refractivity contribution < 1.29 is 18.0 Å². The first-order chi connectivity index (χ1) is 13.3. The molecule has 0 aliphatic carbocycles. The molecule has 0 unspecified atom stereocenters. The second-order valence-electron chi connectivity index (χ2n) is 6.21. The van der Waals surface area contributed by atoms with Gasteiger partial charge in [0.25, 0.3) is 5.91 Å². The van der Waals surface area contributed by atoms with Crippen molar-refractivity contribution in [2.75, 3.05) is 12.3 Å². The molecular weight excluding hydrogens is 416 g/mol. The van der Waals surface area contributed by atoms with E-state index in [4.69, 9.17) is 12.2 Å². The predicted octanol–water partition coefficient (Wildman–Crippen LogP) is 2.26. The Bertz CT molecular complexity index is 982. The van der Waals surface area contributed by atoms with Crippen molar-refractivity contribution in [3.8, 4) is 0 Å². The second kappa shape index (κ2) is 8.85. The van der Waals surface area contributed by atoms with Crippen LogP contribution < -0.4 is 5.32 Å². The minimum Gasteiger partial charge on any atom is -0.349 e. The second-order valence-corrected chi connectivity index (χ2v) is 9.81. The van der Waals surface area contributed by atoms with E-state index in [2.05, 4.69) is 5.32 Å². The zero-order valence-corrected chi connectivity index (χ0v) is 17.2. The lowest BCUT2D eigenvalue weighted by atomic mass is 10.2. The molecule has 0 saturated carbocycles. The number of hydrogen-bond acceptors (Lipinski definition) is 6. The molecule has 1 aromatic rings. The number of nitrogens with one attached hydrogen (secondary N) is 1. The summed E-state index contributed by atoms with van der Waals surface area (Å²) in [4.78, 5) is 26.4. The Morgan fingerprint density at radius 3 is 2.75 bits per heavy atom. The zero-order valence-electron chi connectivity index (χ0n) is 14.8. The first-order valence-corrected chi connectivity index (χ1v) is 11.5. The van der Waals surface area contributed by atoms with Crippen molar-refractivity contribution in [3.05, 3.63) is 64.4 Å². The number of carbonyl (C=O) groups is 2. The van der Waals surface area contributed by atoms with Gasteiger partial charge in [-0.15, -0.1) is 0 Å². The van der Waals surface area contributed by atoms with Crippen LogP contribution in [0.15, 0.2) is 58.9 Å². The zero-order chi connectivity index (χ0) is 20.1. The topological polar surface area (TPSA) is 83.6 Å². The minimum atomic E-state index is -3.22. The van der Waals surface area contributed by atoms with Crippen molar-refractivity contribution >= 4 is 56.0 Å². The van der Waals surface area contributed by atoms with Gasteiger partial charge in [0.1, 0.15) is 4.32 Å². The van der Waals surface area contributed by atoms with Gasteiger partial charge < -0.3 is 5.32 Å². The van der Waals surface area contributed by atoms with E-state index in [-0.39, 0.29) is 30.5 Å². The maximum absolute atomic E-state index is 12.5. The Labute approximate surface area is 173 Å². The Hall–Kier alpha value is -2.23. The summed E-state index contributed by atoms with van der Waals surface area (Å²) in [6.07, 6.45) is 6.89. The Balaban J connectivity index is 1.52. The quantitative estimate of drug-likeness (QED) is 0.546. The summed E-state index contributed by atoms with van der Waals surface area (Å²) in [5.41, 5.74) is 1.02. The van der Waals surface area contributed by atoms with Gasteiger partial charge in [0.15, 0.2) is 9.84 Å². The number of nitrogens with zero attached hydrogens (tertiary/aromatic N) is 1. The van der Waals surface area contributed by atoms with E-state index in [9.17, 15) is 18.0 Å². The molecule has 2 aliphatic heterocycles. The molecule has 2 aliphatic rings. The summed E-state index contributed by atoms with van der Waals surface area (Å²) >= 11 is 6.44. The molecule has 0 aromatic heterocycles. The van der Waals surface area contributed by atoms with Crippen LogP contribution in [0.25, 0.3) is 6.08 Å². The lowest BCUT2D eigenvalue weighted by molar-refractivity contribution is -0.124. The van der Waals surface area contributed by atoms with Gasteiger partial charge >= 0.3 is 0 Å². The van der Waals surface area contributed by atoms with Gasteiger partial charge in [0, 0.05) is 18.4 Å². The number of hydrogen-bond donors (Lipinski definition) is 1. The van der Waals surface area contributed by atoms with Crippen LogP contribution >= 0.6 is 24.0 Å². The average Bonchev–Trinajstić information content (AvgIpc) is 3.12. The molecule has 0 spiro atoms. The fourth-order valence-electron chi connectivity index (χ4n) is 2.68. The molecule has 3 rings (SSSR count). The van der Waals surface area contributed by atoms with Crippen molar-refractivity contribution in [1.82, 2.24) is 10.2 Å². The molecule has 1 saturated heterocycles. The minimum absolute atomic E-state index is 0.0456. The Kier molecular flexibility index (Phi) is 6.48. The molecular formula is C19H18N2O4S3. The van der Waals surface area contributed by atoms with E-state index in [1.807, 2.05) is 36.4 Å². The van der Waals surface area contributed by atoms with E-state index < -0.39 is 15.9 Å². The van der Waals surface area contributed by atoms with Crippen LogP contribution in [-0.2, 0) is 19.4 Å². The van der Waals surface area contributed by atoms with Gasteiger partial charge in [0.05, 0.1) is 16.7 Å². The van der Waals surface area contributed by atoms with Gasteiger partial charge in [-0.1, -0.05) is 66.5 Å². The van der Waals surface area contributed by atoms with Crippen LogP contribution in [0.3, 0.4) is 0 Å². The molecule has 0 bridgehead atoms. The number of benzene rings is 1. The first kappa shape index (κ1) is 20.5. The molecule has 0 radical (unpaired) electrons. The summed E-state index contributed by atoms with van der Waals surface area (Å²) in [6, 6.07) is 9.19. The van der Waals surface area contributed by atoms with Crippen LogP contribution in [0, 0.1) is 0 Å². The highest BCUT2D eigenvalue weighted by Crippen LogP contribution is 2.31. The average molecular weight is 435 g/mol. The fraction of sp³-hybridized carbons (Fsp3) is 0.211. The van der Waals surface area contributed by atoms with Crippen molar-refractivity contribution in [1.29, 1.82) is 0 Å². The predicted molar refractivity (Wildman–Crippen MR) is 115 cm³/mol. The summed E-state index contributed by atoms with van der Waals surface area (Å²) in [5.74, 6) is -0.686. The molecule has 2 heterocycles.